The van der Waals surface area contributed by atoms with Crippen LogP contribution >= 0.6 is 24.0 Å². The second-order valence-corrected chi connectivity index (χ2v) is 7.58. The van der Waals surface area contributed by atoms with E-state index in [0.717, 1.165) is 58.4 Å². The maximum atomic E-state index is 5.92. The minimum absolute atomic E-state index is 0. The SMILES string of the molecule is CCNC(=NCC(C)Cn1cccn1)NCC1CN(CC(C)C)CCO1.I. The summed E-state index contributed by atoms with van der Waals surface area (Å²) in [5.41, 5.74) is 0. The molecule has 0 bridgehead atoms. The Hall–Kier alpha value is -0.870. The molecule has 0 saturated carbocycles. The maximum Gasteiger partial charge on any atom is 0.191 e. The van der Waals surface area contributed by atoms with E-state index in [-0.39, 0.29) is 30.1 Å². The standard InChI is InChI=1S/C19H36N6O.HI/c1-5-20-19(21-11-17(4)14-25-8-6-7-23-25)22-12-18-15-24(9-10-26-18)13-16(2)3;/h6-8,16-18H,5,9-15H2,1-4H3,(H2,20,21,22);1H. The number of nitrogens with zero attached hydrogens (tertiary/aromatic N) is 4. The third-order valence-corrected chi connectivity index (χ3v) is 4.31. The monoisotopic (exact) mass is 492 g/mol. The molecule has 0 amide bonds. The zero-order valence-electron chi connectivity index (χ0n) is 17.2. The van der Waals surface area contributed by atoms with Gasteiger partial charge in [0.15, 0.2) is 5.96 Å². The Balaban J connectivity index is 0.00000364. The van der Waals surface area contributed by atoms with Gasteiger partial charge in [0.2, 0.25) is 0 Å². The van der Waals surface area contributed by atoms with Gasteiger partial charge in [-0.15, -0.1) is 24.0 Å². The second kappa shape index (κ2) is 13.3. The molecule has 2 rings (SSSR count). The molecule has 2 N–H and O–H groups in total. The van der Waals surface area contributed by atoms with Crippen molar-refractivity contribution in [3.8, 4) is 0 Å². The van der Waals surface area contributed by atoms with E-state index in [9.17, 15) is 0 Å². The highest BCUT2D eigenvalue weighted by atomic mass is 127. The molecule has 0 spiro atoms. The number of guanidine groups is 1. The fraction of sp³-hybridized carbons (Fsp3) is 0.789. The highest BCUT2D eigenvalue weighted by Gasteiger charge is 2.21. The molecule has 2 atom stereocenters. The smallest absolute Gasteiger partial charge is 0.191 e. The average Bonchev–Trinajstić information content (AvgIpc) is 3.10. The van der Waals surface area contributed by atoms with Gasteiger partial charge in [-0.25, -0.2) is 0 Å². The van der Waals surface area contributed by atoms with Gasteiger partial charge in [0, 0.05) is 58.2 Å². The van der Waals surface area contributed by atoms with Crippen LogP contribution in [0.25, 0.3) is 0 Å². The molecule has 0 radical (unpaired) electrons. The number of nitrogens with one attached hydrogen (secondary N) is 2. The Morgan fingerprint density at radius 2 is 2.11 bits per heavy atom. The van der Waals surface area contributed by atoms with Gasteiger partial charge in [0.25, 0.3) is 0 Å². The molecule has 2 heterocycles. The van der Waals surface area contributed by atoms with E-state index in [4.69, 9.17) is 9.73 Å². The minimum Gasteiger partial charge on any atom is -0.374 e. The Labute approximate surface area is 181 Å². The normalized spacial score (nSPS) is 19.6. The molecule has 2 unspecified atom stereocenters. The summed E-state index contributed by atoms with van der Waals surface area (Å²) in [6.45, 7) is 16.1. The van der Waals surface area contributed by atoms with Gasteiger partial charge in [-0.1, -0.05) is 20.8 Å². The average molecular weight is 492 g/mol. The summed E-state index contributed by atoms with van der Waals surface area (Å²) >= 11 is 0. The quantitative estimate of drug-likeness (QED) is 0.314. The molecule has 1 aromatic heterocycles. The van der Waals surface area contributed by atoms with Crippen LogP contribution in [0.5, 0.6) is 0 Å². The van der Waals surface area contributed by atoms with Crippen molar-refractivity contribution >= 4 is 29.9 Å². The summed E-state index contributed by atoms with van der Waals surface area (Å²) in [5, 5.41) is 11.0. The number of rotatable bonds is 9. The number of aromatic nitrogens is 2. The van der Waals surface area contributed by atoms with Crippen molar-refractivity contribution in [3.05, 3.63) is 18.5 Å². The Morgan fingerprint density at radius 1 is 1.30 bits per heavy atom. The van der Waals surface area contributed by atoms with Crippen LogP contribution in [-0.2, 0) is 11.3 Å². The fourth-order valence-corrected chi connectivity index (χ4v) is 3.17. The van der Waals surface area contributed by atoms with Gasteiger partial charge in [0.05, 0.1) is 12.7 Å². The van der Waals surface area contributed by atoms with Crippen molar-refractivity contribution in [1.29, 1.82) is 0 Å². The lowest BCUT2D eigenvalue weighted by Gasteiger charge is -2.34. The van der Waals surface area contributed by atoms with E-state index in [1.165, 1.54) is 0 Å². The number of ether oxygens (including phenoxy) is 1. The third-order valence-electron chi connectivity index (χ3n) is 4.31. The number of hydrogen-bond acceptors (Lipinski definition) is 4. The highest BCUT2D eigenvalue weighted by molar-refractivity contribution is 14.0. The number of halogens is 1. The molecule has 0 aliphatic carbocycles. The van der Waals surface area contributed by atoms with Crippen molar-refractivity contribution in [2.24, 2.45) is 16.8 Å². The molecule has 0 aromatic carbocycles. The minimum atomic E-state index is 0. The zero-order chi connectivity index (χ0) is 18.8. The highest BCUT2D eigenvalue weighted by Crippen LogP contribution is 2.07. The second-order valence-electron chi connectivity index (χ2n) is 7.58. The summed E-state index contributed by atoms with van der Waals surface area (Å²) in [5.74, 6) is 1.99. The van der Waals surface area contributed by atoms with Crippen LogP contribution in [0.4, 0.5) is 0 Å². The molecule has 27 heavy (non-hydrogen) atoms. The van der Waals surface area contributed by atoms with Crippen LogP contribution < -0.4 is 10.6 Å². The van der Waals surface area contributed by atoms with Crippen molar-refractivity contribution in [1.82, 2.24) is 25.3 Å². The van der Waals surface area contributed by atoms with Gasteiger partial charge >= 0.3 is 0 Å². The van der Waals surface area contributed by atoms with Crippen LogP contribution in [0.15, 0.2) is 23.5 Å². The van der Waals surface area contributed by atoms with E-state index in [0.29, 0.717) is 11.8 Å². The molecule has 1 saturated heterocycles. The molecule has 156 valence electrons. The van der Waals surface area contributed by atoms with Crippen molar-refractivity contribution in [2.45, 2.75) is 40.3 Å². The first-order chi connectivity index (χ1) is 12.6. The third kappa shape index (κ3) is 9.75. The van der Waals surface area contributed by atoms with E-state index >= 15 is 0 Å². The van der Waals surface area contributed by atoms with Gasteiger partial charge in [-0.3, -0.25) is 14.6 Å². The van der Waals surface area contributed by atoms with Gasteiger partial charge in [-0.2, -0.15) is 5.10 Å². The molecular formula is C19H37IN6O. The molecule has 7 nitrogen and oxygen atoms in total. The topological polar surface area (TPSA) is 66.7 Å². The van der Waals surface area contributed by atoms with Crippen LogP contribution in [0.1, 0.15) is 27.7 Å². The van der Waals surface area contributed by atoms with Crippen LogP contribution in [0, 0.1) is 11.8 Å². The molecule has 1 aromatic rings. The first kappa shape index (κ1) is 24.2. The first-order valence-corrected chi connectivity index (χ1v) is 9.90. The molecule has 1 fully saturated rings. The lowest BCUT2D eigenvalue weighted by Crippen LogP contribution is -2.50. The van der Waals surface area contributed by atoms with Crippen LogP contribution in [-0.4, -0.2) is 72.6 Å². The Kier molecular flexibility index (Phi) is 11.9. The predicted octanol–water partition coefficient (Wildman–Crippen LogP) is 2.05. The number of aliphatic imine (C=N–C) groups is 1. The van der Waals surface area contributed by atoms with Gasteiger partial charge in [-0.05, 0) is 24.8 Å². The Bertz CT molecular complexity index is 522. The summed E-state index contributed by atoms with van der Waals surface area (Å²) in [7, 11) is 0. The van der Waals surface area contributed by atoms with Crippen LogP contribution in [0.2, 0.25) is 0 Å². The zero-order valence-corrected chi connectivity index (χ0v) is 19.6. The molecule has 8 heteroatoms. The summed E-state index contributed by atoms with van der Waals surface area (Å²) in [6, 6.07) is 1.95. The lowest BCUT2D eigenvalue weighted by atomic mass is 10.2. The van der Waals surface area contributed by atoms with Crippen molar-refractivity contribution < 1.29 is 4.74 Å². The maximum absolute atomic E-state index is 5.92. The van der Waals surface area contributed by atoms with Gasteiger partial charge < -0.3 is 15.4 Å². The lowest BCUT2D eigenvalue weighted by molar-refractivity contribution is -0.0284. The number of morpholine rings is 1. The molecule has 1 aliphatic heterocycles. The molecule has 1 aliphatic rings. The van der Waals surface area contributed by atoms with Crippen molar-refractivity contribution in [3.63, 3.8) is 0 Å². The molecular weight excluding hydrogens is 455 g/mol. The summed E-state index contributed by atoms with van der Waals surface area (Å²) < 4.78 is 7.87. The summed E-state index contributed by atoms with van der Waals surface area (Å²) in [4.78, 5) is 7.23. The Morgan fingerprint density at radius 3 is 2.78 bits per heavy atom. The van der Waals surface area contributed by atoms with E-state index in [2.05, 4.69) is 48.3 Å². The van der Waals surface area contributed by atoms with E-state index in [1.54, 1.807) is 0 Å². The van der Waals surface area contributed by atoms with Crippen LogP contribution in [0.3, 0.4) is 0 Å². The fourth-order valence-electron chi connectivity index (χ4n) is 3.17. The first-order valence-electron chi connectivity index (χ1n) is 9.90. The number of hydrogen-bond donors (Lipinski definition) is 2. The van der Waals surface area contributed by atoms with E-state index < -0.39 is 0 Å². The predicted molar refractivity (Wildman–Crippen MR) is 122 cm³/mol. The van der Waals surface area contributed by atoms with E-state index in [1.807, 2.05) is 23.1 Å². The summed E-state index contributed by atoms with van der Waals surface area (Å²) in [6.07, 6.45) is 4.02. The largest absolute Gasteiger partial charge is 0.374 e. The van der Waals surface area contributed by atoms with Crippen molar-refractivity contribution in [2.75, 3.05) is 45.9 Å². The van der Waals surface area contributed by atoms with Gasteiger partial charge in [0.1, 0.15) is 0 Å².